The van der Waals surface area contributed by atoms with Crippen LogP contribution in [-0.2, 0) is 7.05 Å². The van der Waals surface area contributed by atoms with E-state index >= 15 is 0 Å². The summed E-state index contributed by atoms with van der Waals surface area (Å²) in [5.41, 5.74) is 9.16. The number of aryl methyl sites for hydroxylation is 3. The Morgan fingerprint density at radius 2 is 1.69 bits per heavy atom. The SMILES string of the molecule is Cc1nc(-c2ccccc2)sc1C(=O)NNC(=O)c1cc(C(C)C)nc2c1c(C)nn2C. The Morgan fingerprint density at radius 3 is 2.38 bits per heavy atom. The van der Waals surface area contributed by atoms with Gasteiger partial charge in [0.1, 0.15) is 9.88 Å². The third-order valence-electron chi connectivity index (χ3n) is 5.14. The first-order valence-electron chi connectivity index (χ1n) is 10.2. The number of hydrogen-bond acceptors (Lipinski definition) is 6. The lowest BCUT2D eigenvalue weighted by Gasteiger charge is -2.11. The van der Waals surface area contributed by atoms with Crippen LogP contribution in [0.15, 0.2) is 36.4 Å². The summed E-state index contributed by atoms with van der Waals surface area (Å²) in [4.78, 5) is 35.4. The molecule has 0 spiro atoms. The van der Waals surface area contributed by atoms with Crippen LogP contribution < -0.4 is 10.9 Å². The zero-order chi connectivity index (χ0) is 23.0. The first-order valence-corrected chi connectivity index (χ1v) is 11.1. The Labute approximate surface area is 189 Å². The second kappa shape index (κ2) is 8.51. The van der Waals surface area contributed by atoms with Crippen LogP contribution in [-0.4, -0.2) is 31.6 Å². The molecule has 0 saturated heterocycles. The molecule has 0 bridgehead atoms. The molecule has 164 valence electrons. The highest BCUT2D eigenvalue weighted by atomic mass is 32.1. The largest absolute Gasteiger partial charge is 0.281 e. The van der Waals surface area contributed by atoms with Crippen molar-refractivity contribution < 1.29 is 9.59 Å². The van der Waals surface area contributed by atoms with E-state index in [4.69, 9.17) is 0 Å². The van der Waals surface area contributed by atoms with Crippen LogP contribution in [0.5, 0.6) is 0 Å². The Morgan fingerprint density at radius 1 is 1.00 bits per heavy atom. The number of aromatic nitrogens is 4. The summed E-state index contributed by atoms with van der Waals surface area (Å²) < 4.78 is 1.66. The topological polar surface area (TPSA) is 102 Å². The molecule has 0 aliphatic heterocycles. The molecule has 4 aromatic rings. The van der Waals surface area contributed by atoms with E-state index in [2.05, 4.69) is 25.9 Å². The van der Waals surface area contributed by atoms with Gasteiger partial charge in [-0.15, -0.1) is 11.3 Å². The summed E-state index contributed by atoms with van der Waals surface area (Å²) in [7, 11) is 1.80. The van der Waals surface area contributed by atoms with Gasteiger partial charge in [0.2, 0.25) is 0 Å². The normalized spacial score (nSPS) is 11.2. The number of rotatable bonds is 4. The number of amides is 2. The van der Waals surface area contributed by atoms with E-state index in [9.17, 15) is 9.59 Å². The summed E-state index contributed by atoms with van der Waals surface area (Å²) in [5.74, 6) is -0.700. The molecule has 0 saturated carbocycles. The fraction of sp³-hybridized carbons (Fsp3) is 0.261. The molecule has 0 aliphatic rings. The third-order valence-corrected chi connectivity index (χ3v) is 6.34. The van der Waals surface area contributed by atoms with Crippen molar-refractivity contribution in [2.24, 2.45) is 7.05 Å². The molecule has 0 fully saturated rings. The molecule has 9 heteroatoms. The van der Waals surface area contributed by atoms with Gasteiger partial charge in [-0.3, -0.25) is 25.1 Å². The monoisotopic (exact) mass is 448 g/mol. The fourth-order valence-corrected chi connectivity index (χ4v) is 4.45. The van der Waals surface area contributed by atoms with E-state index in [1.165, 1.54) is 11.3 Å². The van der Waals surface area contributed by atoms with Crippen molar-refractivity contribution in [3.63, 3.8) is 0 Å². The Kier molecular flexibility index (Phi) is 5.75. The highest BCUT2D eigenvalue weighted by Gasteiger charge is 2.21. The zero-order valence-electron chi connectivity index (χ0n) is 18.6. The van der Waals surface area contributed by atoms with Crippen LogP contribution in [0.1, 0.15) is 56.9 Å². The van der Waals surface area contributed by atoms with Gasteiger partial charge in [-0.05, 0) is 25.8 Å². The van der Waals surface area contributed by atoms with E-state index in [-0.39, 0.29) is 5.92 Å². The summed E-state index contributed by atoms with van der Waals surface area (Å²) in [6.07, 6.45) is 0. The second-order valence-corrected chi connectivity index (χ2v) is 8.86. The molecule has 32 heavy (non-hydrogen) atoms. The number of thiazole rings is 1. The number of pyridine rings is 1. The summed E-state index contributed by atoms with van der Waals surface area (Å²) in [5, 5.41) is 5.82. The van der Waals surface area contributed by atoms with Crippen molar-refractivity contribution >= 4 is 34.2 Å². The average molecular weight is 449 g/mol. The summed E-state index contributed by atoms with van der Waals surface area (Å²) in [6.45, 7) is 7.63. The molecule has 0 aliphatic carbocycles. The molecule has 1 aromatic carbocycles. The first-order chi connectivity index (χ1) is 15.3. The van der Waals surface area contributed by atoms with Crippen LogP contribution in [0.3, 0.4) is 0 Å². The van der Waals surface area contributed by atoms with E-state index in [1.807, 2.05) is 51.1 Å². The van der Waals surface area contributed by atoms with Gasteiger partial charge in [0.05, 0.1) is 22.3 Å². The van der Waals surface area contributed by atoms with Crippen LogP contribution in [0.2, 0.25) is 0 Å². The summed E-state index contributed by atoms with van der Waals surface area (Å²) in [6, 6.07) is 11.4. The fourth-order valence-electron chi connectivity index (χ4n) is 3.49. The number of carbonyl (C=O) groups is 2. The highest BCUT2D eigenvalue weighted by molar-refractivity contribution is 7.17. The molecule has 2 N–H and O–H groups in total. The molecular weight excluding hydrogens is 424 g/mol. The molecule has 2 amide bonds. The minimum Gasteiger partial charge on any atom is -0.267 e. The van der Waals surface area contributed by atoms with Crippen LogP contribution >= 0.6 is 11.3 Å². The molecule has 3 aromatic heterocycles. The Balaban J connectivity index is 1.58. The molecule has 3 heterocycles. The highest BCUT2D eigenvalue weighted by Crippen LogP contribution is 2.28. The number of hydrogen-bond donors (Lipinski definition) is 2. The van der Waals surface area contributed by atoms with Crippen molar-refractivity contribution in [1.82, 2.24) is 30.6 Å². The minimum atomic E-state index is -0.422. The van der Waals surface area contributed by atoms with Crippen LogP contribution in [0.25, 0.3) is 21.6 Å². The summed E-state index contributed by atoms with van der Waals surface area (Å²) >= 11 is 1.29. The van der Waals surface area contributed by atoms with Gasteiger partial charge >= 0.3 is 0 Å². The number of nitrogens with one attached hydrogen (secondary N) is 2. The van der Waals surface area contributed by atoms with Gasteiger partial charge < -0.3 is 0 Å². The van der Waals surface area contributed by atoms with Crippen molar-refractivity contribution in [2.75, 3.05) is 0 Å². The lowest BCUT2D eigenvalue weighted by Crippen LogP contribution is -2.41. The maximum Gasteiger partial charge on any atom is 0.281 e. The van der Waals surface area contributed by atoms with Crippen molar-refractivity contribution in [2.45, 2.75) is 33.6 Å². The molecule has 0 unspecified atom stereocenters. The zero-order valence-corrected chi connectivity index (χ0v) is 19.4. The maximum absolute atomic E-state index is 13.0. The maximum atomic E-state index is 13.0. The number of nitrogens with zero attached hydrogens (tertiary/aromatic N) is 4. The van der Waals surface area contributed by atoms with Gasteiger partial charge in [0.15, 0.2) is 5.65 Å². The number of fused-ring (bicyclic) bond motifs is 1. The van der Waals surface area contributed by atoms with E-state index in [0.29, 0.717) is 32.9 Å². The number of hydrazine groups is 1. The molecule has 0 radical (unpaired) electrons. The second-order valence-electron chi connectivity index (χ2n) is 7.86. The third kappa shape index (κ3) is 3.99. The minimum absolute atomic E-state index is 0.131. The number of benzene rings is 1. The first kappa shape index (κ1) is 21.6. The van der Waals surface area contributed by atoms with Gasteiger partial charge in [-0.1, -0.05) is 44.2 Å². The lowest BCUT2D eigenvalue weighted by molar-refractivity contribution is 0.0849. The smallest absolute Gasteiger partial charge is 0.267 e. The molecular formula is C23H24N6O2S. The number of carbonyl (C=O) groups excluding carboxylic acids is 2. The van der Waals surface area contributed by atoms with Gasteiger partial charge in [0.25, 0.3) is 11.8 Å². The quantitative estimate of drug-likeness (QED) is 0.461. The molecule has 8 nitrogen and oxygen atoms in total. The van der Waals surface area contributed by atoms with Crippen LogP contribution in [0, 0.1) is 13.8 Å². The van der Waals surface area contributed by atoms with Gasteiger partial charge in [0, 0.05) is 18.3 Å². The Hall–Kier alpha value is -3.59. The van der Waals surface area contributed by atoms with Crippen molar-refractivity contribution in [3.8, 4) is 10.6 Å². The Bertz CT molecular complexity index is 1320. The molecule has 4 rings (SSSR count). The van der Waals surface area contributed by atoms with Crippen molar-refractivity contribution in [1.29, 1.82) is 0 Å². The van der Waals surface area contributed by atoms with Gasteiger partial charge in [-0.2, -0.15) is 5.10 Å². The van der Waals surface area contributed by atoms with Crippen LogP contribution in [0.4, 0.5) is 0 Å². The van der Waals surface area contributed by atoms with E-state index in [0.717, 1.165) is 16.3 Å². The predicted octanol–water partition coefficient (Wildman–Crippen LogP) is 3.91. The van der Waals surface area contributed by atoms with E-state index in [1.54, 1.807) is 24.7 Å². The predicted molar refractivity (Wildman–Crippen MR) is 125 cm³/mol. The molecule has 0 atom stereocenters. The van der Waals surface area contributed by atoms with E-state index < -0.39 is 11.8 Å². The average Bonchev–Trinajstić information content (AvgIpc) is 3.31. The van der Waals surface area contributed by atoms with Gasteiger partial charge in [-0.25, -0.2) is 9.97 Å². The lowest BCUT2D eigenvalue weighted by atomic mass is 10.0. The van der Waals surface area contributed by atoms with Crippen molar-refractivity contribution in [3.05, 3.63) is 63.9 Å². The standard InChI is InChI=1S/C23H24N6O2S/c1-12(2)17-11-16(18-13(3)28-29(5)20(18)25-17)21(30)26-27-22(31)19-14(4)24-23(32-19)15-9-7-6-8-10-15/h6-12H,1-5H3,(H,26,30)(H,27,31).